The highest BCUT2D eigenvalue weighted by atomic mass is 32.2. The Labute approximate surface area is 164 Å². The maximum Gasteiger partial charge on any atom is 0.405 e. The van der Waals surface area contributed by atoms with Crippen LogP contribution in [0, 0.1) is 5.92 Å². The molecule has 162 valence electrons. The zero-order chi connectivity index (χ0) is 21.3. The molecule has 0 aromatic heterocycles. The zero-order valence-corrected chi connectivity index (χ0v) is 18.3. The highest BCUT2D eigenvalue weighted by Gasteiger charge is 2.49. The quantitative estimate of drug-likeness (QED) is 0.348. The number of unbranched alkanes of at least 4 members (excludes halogenated alkanes) is 5. The predicted octanol–water partition coefficient (Wildman–Crippen LogP) is 5.29. The van der Waals surface area contributed by atoms with Crippen molar-refractivity contribution in [1.82, 2.24) is 4.72 Å². The second-order valence-electron chi connectivity index (χ2n) is 8.17. The summed E-state index contributed by atoms with van der Waals surface area (Å²) in [7, 11) is -1.95. The average Bonchev–Trinajstić information content (AvgIpc) is 2.49. The number of ether oxygens (including phenoxy) is 1. The number of esters is 1. The Balaban J connectivity index is 5.27. The van der Waals surface area contributed by atoms with E-state index in [9.17, 15) is 22.2 Å². The van der Waals surface area contributed by atoms with E-state index in [2.05, 4.69) is 11.6 Å². The van der Waals surface area contributed by atoms with Crippen LogP contribution in [0.25, 0.3) is 0 Å². The van der Waals surface area contributed by atoms with Crippen molar-refractivity contribution in [1.29, 1.82) is 0 Å². The molecule has 0 aliphatic carbocycles. The summed E-state index contributed by atoms with van der Waals surface area (Å²) in [5, 5.41) is 0. The SMILES string of the molecule is CCCCCCCC[C@@H](C(=O)OC(C)C)[C@@H](N[S@](=O)C(C)(C)C)C(F)(F)F. The molecule has 1 N–H and O–H groups in total. The summed E-state index contributed by atoms with van der Waals surface area (Å²) < 4.78 is 59.7. The molecule has 0 aliphatic heterocycles. The van der Waals surface area contributed by atoms with Crippen molar-refractivity contribution >= 4 is 17.0 Å². The van der Waals surface area contributed by atoms with Gasteiger partial charge in [0.05, 0.1) is 27.8 Å². The monoisotopic (exact) mass is 415 g/mol. The minimum absolute atomic E-state index is 0.0518. The van der Waals surface area contributed by atoms with E-state index in [1.54, 1.807) is 34.6 Å². The van der Waals surface area contributed by atoms with E-state index >= 15 is 0 Å². The lowest BCUT2D eigenvalue weighted by Gasteiger charge is -2.31. The van der Waals surface area contributed by atoms with Crippen molar-refractivity contribution in [3.8, 4) is 0 Å². The lowest BCUT2D eigenvalue weighted by atomic mass is 9.93. The maximum atomic E-state index is 13.7. The van der Waals surface area contributed by atoms with Crippen molar-refractivity contribution in [2.45, 2.75) is 110 Å². The normalized spacial score (nSPS) is 16.2. The second-order valence-corrected chi connectivity index (χ2v) is 10.2. The molecule has 0 fully saturated rings. The van der Waals surface area contributed by atoms with Crippen LogP contribution in [0.15, 0.2) is 0 Å². The topological polar surface area (TPSA) is 55.4 Å². The van der Waals surface area contributed by atoms with Gasteiger partial charge in [-0.3, -0.25) is 4.79 Å². The first-order valence-electron chi connectivity index (χ1n) is 9.76. The largest absolute Gasteiger partial charge is 0.463 e. The van der Waals surface area contributed by atoms with Gasteiger partial charge >= 0.3 is 12.1 Å². The smallest absolute Gasteiger partial charge is 0.405 e. The molecule has 0 bridgehead atoms. The fourth-order valence-corrected chi connectivity index (χ4v) is 3.44. The molecule has 4 nitrogen and oxygen atoms in total. The van der Waals surface area contributed by atoms with Gasteiger partial charge in [-0.15, -0.1) is 0 Å². The van der Waals surface area contributed by atoms with Crippen molar-refractivity contribution in [2.24, 2.45) is 5.92 Å². The first-order valence-corrected chi connectivity index (χ1v) is 10.9. The lowest BCUT2D eigenvalue weighted by Crippen LogP contribution is -2.53. The van der Waals surface area contributed by atoms with Crippen molar-refractivity contribution in [2.75, 3.05) is 0 Å². The van der Waals surface area contributed by atoms with Gasteiger partial charge in [0, 0.05) is 0 Å². The Kier molecular flexibility index (Phi) is 11.8. The van der Waals surface area contributed by atoms with Crippen LogP contribution in [0.1, 0.15) is 86.5 Å². The molecule has 27 heavy (non-hydrogen) atoms. The lowest BCUT2D eigenvalue weighted by molar-refractivity contribution is -0.181. The summed E-state index contributed by atoms with van der Waals surface area (Å²) in [5.41, 5.74) is 0. The van der Waals surface area contributed by atoms with E-state index in [1.807, 2.05) is 0 Å². The van der Waals surface area contributed by atoms with Crippen LogP contribution in [0.3, 0.4) is 0 Å². The average molecular weight is 416 g/mol. The molecule has 0 aliphatic rings. The van der Waals surface area contributed by atoms with Crippen LogP contribution in [-0.2, 0) is 20.5 Å². The number of carbonyl (C=O) groups excluding carboxylic acids is 1. The van der Waals surface area contributed by atoms with Gasteiger partial charge in [-0.25, -0.2) is 8.93 Å². The van der Waals surface area contributed by atoms with Crippen LogP contribution in [0.5, 0.6) is 0 Å². The van der Waals surface area contributed by atoms with Crippen molar-refractivity contribution in [3.05, 3.63) is 0 Å². The second kappa shape index (κ2) is 12.0. The van der Waals surface area contributed by atoms with E-state index in [4.69, 9.17) is 4.74 Å². The third kappa shape index (κ3) is 11.1. The molecule has 3 atom stereocenters. The number of nitrogens with one attached hydrogen (secondary N) is 1. The maximum absolute atomic E-state index is 13.7. The van der Waals surface area contributed by atoms with Crippen molar-refractivity contribution in [3.63, 3.8) is 0 Å². The Bertz CT molecular complexity index is 462. The van der Waals surface area contributed by atoms with Gasteiger partial charge in [-0.05, 0) is 41.0 Å². The summed E-state index contributed by atoms with van der Waals surface area (Å²) >= 11 is 0. The van der Waals surface area contributed by atoms with E-state index in [0.29, 0.717) is 6.42 Å². The minimum atomic E-state index is -4.70. The predicted molar refractivity (Wildman–Crippen MR) is 104 cm³/mol. The van der Waals surface area contributed by atoms with Crippen molar-refractivity contribution < 1.29 is 26.9 Å². The number of alkyl halides is 3. The molecule has 0 aromatic carbocycles. The summed E-state index contributed by atoms with van der Waals surface area (Å²) in [5.74, 6) is -2.30. The number of hydrogen-bond acceptors (Lipinski definition) is 3. The molecular weight excluding hydrogens is 379 g/mol. The van der Waals surface area contributed by atoms with Crippen LogP contribution >= 0.6 is 0 Å². The number of carbonyl (C=O) groups is 1. The van der Waals surface area contributed by atoms with Gasteiger partial charge < -0.3 is 4.74 Å². The van der Waals surface area contributed by atoms with E-state index in [1.165, 1.54) is 0 Å². The standard InChI is InChI=1S/C19H36F3NO3S/c1-7-8-9-10-11-12-13-15(17(24)26-14(2)3)16(19(20,21)22)23-27(25)18(4,5)6/h14-16,23H,7-13H2,1-6H3/t15-,16-,27-/m1/s1. The molecule has 0 amide bonds. The van der Waals surface area contributed by atoms with Crippen LogP contribution in [-0.4, -0.2) is 33.2 Å². The zero-order valence-electron chi connectivity index (χ0n) is 17.4. The summed E-state index contributed by atoms with van der Waals surface area (Å²) in [6.45, 7) is 10.0. The Morgan fingerprint density at radius 2 is 1.56 bits per heavy atom. The Morgan fingerprint density at radius 1 is 1.04 bits per heavy atom. The number of rotatable bonds is 12. The first kappa shape index (κ1) is 26.4. The highest BCUT2D eigenvalue weighted by molar-refractivity contribution is 7.84. The van der Waals surface area contributed by atoms with Gasteiger partial charge in [0.2, 0.25) is 0 Å². The minimum Gasteiger partial charge on any atom is -0.463 e. The van der Waals surface area contributed by atoms with E-state index < -0.39 is 45.9 Å². The van der Waals surface area contributed by atoms with Gasteiger partial charge in [0.25, 0.3) is 0 Å². The molecule has 0 aromatic rings. The molecule has 0 saturated carbocycles. The Morgan fingerprint density at radius 3 is 2.00 bits per heavy atom. The van der Waals surface area contributed by atoms with Gasteiger partial charge in [0.1, 0.15) is 6.04 Å². The van der Waals surface area contributed by atoms with Gasteiger partial charge in [-0.2, -0.15) is 13.2 Å². The highest BCUT2D eigenvalue weighted by Crippen LogP contribution is 2.31. The molecular formula is C19H36F3NO3S. The van der Waals surface area contributed by atoms with Crippen LogP contribution < -0.4 is 4.72 Å². The molecule has 0 radical (unpaired) electrons. The third-order valence-corrected chi connectivity index (χ3v) is 5.65. The fraction of sp³-hybridized carbons (Fsp3) is 0.947. The summed E-state index contributed by atoms with van der Waals surface area (Å²) in [6, 6.07) is -2.19. The molecule has 0 spiro atoms. The molecule has 0 saturated heterocycles. The van der Waals surface area contributed by atoms with Gasteiger partial charge in [-0.1, -0.05) is 45.4 Å². The van der Waals surface area contributed by atoms with Crippen LogP contribution in [0.4, 0.5) is 13.2 Å². The molecule has 0 heterocycles. The van der Waals surface area contributed by atoms with Crippen LogP contribution in [0.2, 0.25) is 0 Å². The molecule has 0 rings (SSSR count). The first-order chi connectivity index (χ1) is 12.3. The number of hydrogen-bond donors (Lipinski definition) is 1. The fourth-order valence-electron chi connectivity index (χ4n) is 2.55. The summed E-state index contributed by atoms with van der Waals surface area (Å²) in [4.78, 5) is 12.4. The van der Waals surface area contributed by atoms with Gasteiger partial charge in [0.15, 0.2) is 0 Å². The molecule has 0 unspecified atom stereocenters. The third-order valence-electron chi connectivity index (χ3n) is 4.07. The van der Waals surface area contributed by atoms with E-state index in [-0.39, 0.29) is 6.42 Å². The Hall–Kier alpha value is -0.630. The number of halogens is 3. The summed E-state index contributed by atoms with van der Waals surface area (Å²) in [6.07, 6.45) is 0.241. The molecule has 8 heteroatoms. The van der Waals surface area contributed by atoms with E-state index in [0.717, 1.165) is 32.1 Å².